The predicted molar refractivity (Wildman–Crippen MR) is 49.9 cm³/mol. The number of piperidine rings is 1. The molecule has 2 unspecified atom stereocenters. The van der Waals surface area contributed by atoms with Gasteiger partial charge in [0.25, 0.3) is 0 Å². The Morgan fingerprint density at radius 3 is 2.33 bits per heavy atom. The molecule has 1 aliphatic rings. The largest absolute Gasteiger partial charge is 0.316 e. The fourth-order valence-electron chi connectivity index (χ4n) is 2.18. The van der Waals surface area contributed by atoms with Gasteiger partial charge in [-0.3, -0.25) is 0 Å². The highest BCUT2D eigenvalue weighted by atomic mass is 19.1. The molecule has 0 aromatic rings. The van der Waals surface area contributed by atoms with Crippen molar-refractivity contribution in [2.75, 3.05) is 13.1 Å². The van der Waals surface area contributed by atoms with E-state index in [1.807, 2.05) is 0 Å². The lowest BCUT2D eigenvalue weighted by Gasteiger charge is -2.43. The van der Waals surface area contributed by atoms with E-state index in [1.165, 1.54) is 0 Å². The van der Waals surface area contributed by atoms with Gasteiger partial charge in [0.1, 0.15) is 5.67 Å². The van der Waals surface area contributed by atoms with Crippen LogP contribution < -0.4 is 5.32 Å². The third kappa shape index (κ3) is 1.98. The molecule has 0 spiro atoms. The Bertz CT molecular complexity index is 158. The summed E-state index contributed by atoms with van der Waals surface area (Å²) in [4.78, 5) is 0. The van der Waals surface area contributed by atoms with E-state index < -0.39 is 5.67 Å². The first-order valence-electron chi connectivity index (χ1n) is 4.74. The van der Waals surface area contributed by atoms with Crippen LogP contribution in [-0.4, -0.2) is 18.8 Å². The Labute approximate surface area is 74.7 Å². The molecule has 0 aromatic carbocycles. The maximum atomic E-state index is 14.0. The summed E-state index contributed by atoms with van der Waals surface area (Å²) in [7, 11) is 0. The van der Waals surface area contributed by atoms with Crippen LogP contribution in [0.15, 0.2) is 0 Å². The number of alkyl halides is 1. The van der Waals surface area contributed by atoms with Crippen LogP contribution in [-0.2, 0) is 0 Å². The van der Waals surface area contributed by atoms with Gasteiger partial charge in [0, 0.05) is 12.5 Å². The number of halogens is 1. The van der Waals surface area contributed by atoms with Crippen molar-refractivity contribution in [3.05, 3.63) is 0 Å². The van der Waals surface area contributed by atoms with Gasteiger partial charge in [-0.25, -0.2) is 4.39 Å². The van der Waals surface area contributed by atoms with Crippen molar-refractivity contribution in [3.8, 4) is 0 Å². The molecule has 72 valence electrons. The molecule has 1 rings (SSSR count). The van der Waals surface area contributed by atoms with E-state index in [1.54, 1.807) is 6.92 Å². The van der Waals surface area contributed by atoms with Crippen LogP contribution in [0.3, 0.4) is 0 Å². The molecule has 1 nitrogen and oxygen atoms in total. The molecule has 0 radical (unpaired) electrons. The fourth-order valence-corrected chi connectivity index (χ4v) is 2.18. The van der Waals surface area contributed by atoms with Gasteiger partial charge >= 0.3 is 0 Å². The van der Waals surface area contributed by atoms with E-state index in [2.05, 4.69) is 26.1 Å². The van der Waals surface area contributed by atoms with Gasteiger partial charge in [-0.2, -0.15) is 0 Å². The lowest BCUT2D eigenvalue weighted by Crippen LogP contribution is -2.50. The number of nitrogens with one attached hydrogen (secondary N) is 1. The smallest absolute Gasteiger partial charge is 0.114 e. The van der Waals surface area contributed by atoms with Crippen LogP contribution in [0.5, 0.6) is 0 Å². The summed E-state index contributed by atoms with van der Waals surface area (Å²) < 4.78 is 14.0. The van der Waals surface area contributed by atoms with Crippen molar-refractivity contribution in [1.29, 1.82) is 0 Å². The zero-order chi connectivity index (χ0) is 9.41. The molecule has 0 aliphatic carbocycles. The van der Waals surface area contributed by atoms with Gasteiger partial charge in [-0.1, -0.05) is 20.8 Å². The van der Waals surface area contributed by atoms with Crippen molar-refractivity contribution in [2.45, 2.75) is 39.8 Å². The van der Waals surface area contributed by atoms with Crippen LogP contribution >= 0.6 is 0 Å². The van der Waals surface area contributed by atoms with Crippen LogP contribution in [0.4, 0.5) is 4.39 Å². The van der Waals surface area contributed by atoms with Gasteiger partial charge in [-0.05, 0) is 25.3 Å². The molecule has 0 saturated carbocycles. The highest BCUT2D eigenvalue weighted by molar-refractivity contribution is 4.94. The van der Waals surface area contributed by atoms with E-state index in [4.69, 9.17) is 0 Å². The summed E-state index contributed by atoms with van der Waals surface area (Å²) in [5.41, 5.74) is -0.916. The van der Waals surface area contributed by atoms with Gasteiger partial charge in [-0.15, -0.1) is 0 Å². The summed E-state index contributed by atoms with van der Waals surface area (Å²) in [5, 5.41) is 3.26. The molecule has 2 atom stereocenters. The summed E-state index contributed by atoms with van der Waals surface area (Å²) in [5.74, 6) is 0.138. The predicted octanol–water partition coefficient (Wildman–Crippen LogP) is 2.37. The normalized spacial score (nSPS) is 38.2. The Hall–Kier alpha value is -0.110. The third-order valence-electron chi connectivity index (χ3n) is 2.91. The molecule has 1 aliphatic heterocycles. The van der Waals surface area contributed by atoms with E-state index in [-0.39, 0.29) is 11.3 Å². The van der Waals surface area contributed by atoms with Crippen molar-refractivity contribution in [1.82, 2.24) is 5.32 Å². The Morgan fingerprint density at radius 2 is 2.00 bits per heavy atom. The van der Waals surface area contributed by atoms with Gasteiger partial charge in [0.2, 0.25) is 0 Å². The number of hydrogen-bond donors (Lipinski definition) is 1. The van der Waals surface area contributed by atoms with Gasteiger partial charge < -0.3 is 5.32 Å². The van der Waals surface area contributed by atoms with Crippen molar-refractivity contribution in [2.24, 2.45) is 11.3 Å². The first kappa shape index (κ1) is 9.97. The maximum absolute atomic E-state index is 14.0. The van der Waals surface area contributed by atoms with Crippen LogP contribution in [0.2, 0.25) is 0 Å². The summed E-state index contributed by atoms with van der Waals surface area (Å²) in [6.45, 7) is 9.72. The minimum absolute atomic E-state index is 0.0664. The molecule has 2 heteroatoms. The molecular weight excluding hydrogens is 153 g/mol. The Morgan fingerprint density at radius 1 is 1.42 bits per heavy atom. The number of hydrogen-bond acceptors (Lipinski definition) is 1. The molecule has 1 N–H and O–H groups in total. The second kappa shape index (κ2) is 2.99. The number of rotatable bonds is 0. The fraction of sp³-hybridized carbons (Fsp3) is 1.00. The average Bonchev–Trinajstić information content (AvgIpc) is 1.83. The molecule has 1 saturated heterocycles. The first-order chi connectivity index (χ1) is 5.34. The summed E-state index contributed by atoms with van der Waals surface area (Å²) in [6, 6.07) is 0. The topological polar surface area (TPSA) is 12.0 Å². The molecule has 12 heavy (non-hydrogen) atoms. The third-order valence-corrected chi connectivity index (χ3v) is 2.91. The summed E-state index contributed by atoms with van der Waals surface area (Å²) >= 11 is 0. The monoisotopic (exact) mass is 173 g/mol. The van der Waals surface area contributed by atoms with Crippen molar-refractivity contribution < 1.29 is 4.39 Å². The van der Waals surface area contributed by atoms with Crippen molar-refractivity contribution >= 4 is 0 Å². The summed E-state index contributed by atoms with van der Waals surface area (Å²) in [6.07, 6.45) is 0.648. The Kier molecular flexibility index (Phi) is 2.48. The highest BCUT2D eigenvalue weighted by Gasteiger charge is 2.43. The van der Waals surface area contributed by atoms with E-state index >= 15 is 0 Å². The van der Waals surface area contributed by atoms with Crippen LogP contribution in [0.1, 0.15) is 34.1 Å². The lowest BCUT2D eigenvalue weighted by atomic mass is 9.69. The molecule has 0 bridgehead atoms. The van der Waals surface area contributed by atoms with E-state index in [9.17, 15) is 4.39 Å². The van der Waals surface area contributed by atoms with Gasteiger partial charge in [0.15, 0.2) is 0 Å². The lowest BCUT2D eigenvalue weighted by molar-refractivity contribution is 0.00266. The zero-order valence-electron chi connectivity index (χ0n) is 8.58. The van der Waals surface area contributed by atoms with Crippen LogP contribution in [0, 0.1) is 11.3 Å². The molecule has 1 heterocycles. The standard InChI is InChI=1S/C10H20FN/c1-9(2,3)8-7-12-6-5-10(8,4)11/h8,12H,5-7H2,1-4H3. The Balaban J connectivity index is 2.73. The average molecular weight is 173 g/mol. The molecular formula is C10H20FN. The van der Waals surface area contributed by atoms with E-state index in [0.717, 1.165) is 13.1 Å². The minimum atomic E-state index is -0.983. The SMILES string of the molecule is CC(C)(C)C1CNCCC1(C)F. The highest BCUT2D eigenvalue weighted by Crippen LogP contribution is 2.40. The molecule has 0 amide bonds. The minimum Gasteiger partial charge on any atom is -0.316 e. The van der Waals surface area contributed by atoms with Crippen molar-refractivity contribution in [3.63, 3.8) is 0 Å². The quantitative estimate of drug-likeness (QED) is 0.593. The maximum Gasteiger partial charge on any atom is 0.114 e. The van der Waals surface area contributed by atoms with E-state index in [0.29, 0.717) is 6.42 Å². The van der Waals surface area contributed by atoms with Gasteiger partial charge in [0.05, 0.1) is 0 Å². The second-order valence-electron chi connectivity index (χ2n) is 5.15. The first-order valence-corrected chi connectivity index (χ1v) is 4.74. The zero-order valence-corrected chi connectivity index (χ0v) is 8.58. The molecule has 1 fully saturated rings. The molecule has 0 aromatic heterocycles. The van der Waals surface area contributed by atoms with Crippen LogP contribution in [0.25, 0.3) is 0 Å². The second-order valence-corrected chi connectivity index (χ2v) is 5.15.